The molecular formula is C11H16N4O3. The van der Waals surface area contributed by atoms with Gasteiger partial charge in [0.2, 0.25) is 5.82 Å². The van der Waals surface area contributed by atoms with E-state index in [2.05, 4.69) is 22.2 Å². The van der Waals surface area contributed by atoms with Crippen LogP contribution in [0.5, 0.6) is 5.88 Å². The zero-order valence-electron chi connectivity index (χ0n) is 10.5. The number of hydrogen-bond acceptors (Lipinski definition) is 6. The summed E-state index contributed by atoms with van der Waals surface area (Å²) in [6.07, 6.45) is 5.34. The van der Waals surface area contributed by atoms with Crippen molar-refractivity contribution in [3.05, 3.63) is 16.4 Å². The van der Waals surface area contributed by atoms with E-state index >= 15 is 0 Å². The number of nitrogens with zero attached hydrogens (tertiary/aromatic N) is 3. The summed E-state index contributed by atoms with van der Waals surface area (Å²) in [5.74, 6) is 0.233. The van der Waals surface area contributed by atoms with Crippen molar-refractivity contribution in [2.24, 2.45) is 0 Å². The minimum absolute atomic E-state index is 0.0110. The van der Waals surface area contributed by atoms with Crippen LogP contribution < -0.4 is 10.1 Å². The first kappa shape index (κ1) is 12.5. The van der Waals surface area contributed by atoms with Gasteiger partial charge in [-0.2, -0.15) is 4.98 Å². The lowest BCUT2D eigenvalue weighted by atomic mass is 9.75. The molecule has 1 heterocycles. The second-order valence-corrected chi connectivity index (χ2v) is 4.45. The normalized spacial score (nSPS) is 16.8. The maximum absolute atomic E-state index is 11.1. The summed E-state index contributed by atoms with van der Waals surface area (Å²) in [5.41, 5.74) is -0.260. The number of ether oxygens (including phenoxy) is 1. The van der Waals surface area contributed by atoms with Crippen molar-refractivity contribution < 1.29 is 9.66 Å². The number of hydrogen-bond donors (Lipinski definition) is 1. The number of methoxy groups -OCH3 is 1. The van der Waals surface area contributed by atoms with Gasteiger partial charge < -0.3 is 10.1 Å². The minimum atomic E-state index is -0.511. The van der Waals surface area contributed by atoms with Crippen molar-refractivity contribution in [3.63, 3.8) is 0 Å². The summed E-state index contributed by atoms with van der Waals surface area (Å²) >= 11 is 0. The van der Waals surface area contributed by atoms with Crippen LogP contribution in [0.4, 0.5) is 11.5 Å². The molecule has 0 unspecified atom stereocenters. The Morgan fingerprint density at radius 3 is 2.72 bits per heavy atom. The van der Waals surface area contributed by atoms with Crippen LogP contribution in [0.3, 0.4) is 0 Å². The third-order valence-corrected chi connectivity index (χ3v) is 3.54. The molecule has 1 N–H and O–H groups in total. The highest BCUT2D eigenvalue weighted by molar-refractivity contribution is 5.62. The van der Waals surface area contributed by atoms with Gasteiger partial charge in [-0.25, -0.2) is 4.98 Å². The lowest BCUT2D eigenvalue weighted by molar-refractivity contribution is -0.385. The van der Waals surface area contributed by atoms with Gasteiger partial charge in [-0.15, -0.1) is 0 Å². The van der Waals surface area contributed by atoms with Gasteiger partial charge in [0.25, 0.3) is 5.88 Å². The van der Waals surface area contributed by atoms with E-state index in [1.807, 2.05) is 0 Å². The first-order valence-corrected chi connectivity index (χ1v) is 5.93. The third kappa shape index (κ3) is 2.07. The molecule has 0 saturated heterocycles. The summed E-state index contributed by atoms with van der Waals surface area (Å²) < 4.78 is 4.91. The monoisotopic (exact) mass is 252 g/mol. The molecule has 7 heteroatoms. The van der Waals surface area contributed by atoms with Crippen molar-refractivity contribution in [2.45, 2.75) is 38.1 Å². The molecule has 0 aromatic carbocycles. The van der Waals surface area contributed by atoms with Gasteiger partial charge in [0.15, 0.2) is 0 Å². The first-order chi connectivity index (χ1) is 8.62. The topological polar surface area (TPSA) is 90.2 Å². The quantitative estimate of drug-likeness (QED) is 0.637. The number of nitrogens with one attached hydrogen (secondary N) is 1. The molecule has 98 valence electrons. The van der Waals surface area contributed by atoms with E-state index in [-0.39, 0.29) is 22.9 Å². The Hall–Kier alpha value is -1.92. The molecule has 0 atom stereocenters. The molecule has 1 aliphatic carbocycles. The molecule has 1 aromatic rings. The first-order valence-electron chi connectivity index (χ1n) is 5.93. The van der Waals surface area contributed by atoms with Gasteiger partial charge in [0, 0.05) is 5.54 Å². The Labute approximate surface area is 105 Å². The molecule has 1 aromatic heterocycles. The van der Waals surface area contributed by atoms with Crippen molar-refractivity contribution in [1.29, 1.82) is 0 Å². The van der Waals surface area contributed by atoms with E-state index in [9.17, 15) is 10.1 Å². The highest BCUT2D eigenvalue weighted by atomic mass is 16.6. The van der Waals surface area contributed by atoms with Crippen LogP contribution in [-0.4, -0.2) is 27.5 Å². The average molecular weight is 252 g/mol. The zero-order valence-corrected chi connectivity index (χ0v) is 10.5. The predicted molar refractivity (Wildman–Crippen MR) is 65.7 cm³/mol. The number of anilines is 1. The summed E-state index contributed by atoms with van der Waals surface area (Å²) in [6.45, 7) is 2.07. The fourth-order valence-electron chi connectivity index (χ4n) is 2.19. The van der Waals surface area contributed by atoms with Crippen molar-refractivity contribution in [1.82, 2.24) is 9.97 Å². The SMILES string of the molecule is CCC1(Nc2ncnc(OC)c2[N+](=O)[O-])CCC1. The smallest absolute Gasteiger partial charge is 0.372 e. The second kappa shape index (κ2) is 4.75. The largest absolute Gasteiger partial charge is 0.476 e. The van der Waals surface area contributed by atoms with Gasteiger partial charge in [-0.3, -0.25) is 10.1 Å². The number of nitro groups is 1. The van der Waals surface area contributed by atoms with E-state index in [1.54, 1.807) is 0 Å². The van der Waals surface area contributed by atoms with Crippen LogP contribution in [0, 0.1) is 10.1 Å². The number of aromatic nitrogens is 2. The summed E-state index contributed by atoms with van der Waals surface area (Å²) in [6, 6.07) is 0. The van der Waals surface area contributed by atoms with Crippen LogP contribution in [0.2, 0.25) is 0 Å². The minimum Gasteiger partial charge on any atom is -0.476 e. The molecule has 2 rings (SSSR count). The van der Waals surface area contributed by atoms with Crippen molar-refractivity contribution in [2.75, 3.05) is 12.4 Å². The van der Waals surface area contributed by atoms with Gasteiger partial charge >= 0.3 is 5.69 Å². The molecule has 1 fully saturated rings. The molecule has 7 nitrogen and oxygen atoms in total. The highest BCUT2D eigenvalue weighted by Gasteiger charge is 2.38. The van der Waals surface area contributed by atoms with Crippen molar-refractivity contribution in [3.8, 4) is 5.88 Å². The molecule has 1 saturated carbocycles. The molecule has 1 aliphatic rings. The molecule has 0 aliphatic heterocycles. The highest BCUT2D eigenvalue weighted by Crippen LogP contribution is 2.40. The Balaban J connectivity index is 2.35. The Bertz CT molecular complexity index is 454. The molecule has 0 spiro atoms. The van der Waals surface area contributed by atoms with Gasteiger partial charge in [0.1, 0.15) is 6.33 Å². The van der Waals surface area contributed by atoms with E-state index < -0.39 is 4.92 Å². The lowest BCUT2D eigenvalue weighted by Gasteiger charge is -2.42. The molecule has 18 heavy (non-hydrogen) atoms. The third-order valence-electron chi connectivity index (χ3n) is 3.54. The Morgan fingerprint density at radius 2 is 2.28 bits per heavy atom. The van der Waals surface area contributed by atoms with Crippen molar-refractivity contribution >= 4 is 11.5 Å². The molecular weight excluding hydrogens is 236 g/mol. The Kier molecular flexibility index (Phi) is 3.31. The lowest BCUT2D eigenvalue weighted by Crippen LogP contribution is -2.44. The maximum atomic E-state index is 11.1. The average Bonchev–Trinajstić information content (AvgIpc) is 2.33. The molecule has 0 bridgehead atoms. The van der Waals surface area contributed by atoms with E-state index in [0.29, 0.717) is 0 Å². The van der Waals surface area contributed by atoms with E-state index in [0.717, 1.165) is 25.7 Å². The number of rotatable bonds is 5. The van der Waals surface area contributed by atoms with Crippen LogP contribution in [-0.2, 0) is 0 Å². The van der Waals surface area contributed by atoms with Crippen LogP contribution >= 0.6 is 0 Å². The van der Waals surface area contributed by atoms with E-state index in [1.165, 1.54) is 13.4 Å². The maximum Gasteiger partial charge on any atom is 0.372 e. The van der Waals surface area contributed by atoms with Gasteiger partial charge in [-0.05, 0) is 25.7 Å². The predicted octanol–water partition coefficient (Wildman–Crippen LogP) is 2.14. The van der Waals surface area contributed by atoms with Crippen LogP contribution in [0.1, 0.15) is 32.6 Å². The molecule has 0 radical (unpaired) electrons. The summed E-state index contributed by atoms with van der Waals surface area (Å²) in [5, 5.41) is 14.3. The summed E-state index contributed by atoms with van der Waals surface area (Å²) in [7, 11) is 1.36. The fourth-order valence-corrected chi connectivity index (χ4v) is 2.19. The Morgan fingerprint density at radius 1 is 1.56 bits per heavy atom. The van der Waals surface area contributed by atoms with Gasteiger partial charge in [0.05, 0.1) is 12.0 Å². The standard InChI is InChI=1S/C11H16N4O3/c1-3-11(5-4-6-11)14-9-8(15(16)17)10(18-2)13-7-12-9/h7H,3-6H2,1-2H3,(H,12,13,14). The molecule has 0 amide bonds. The zero-order chi connectivity index (χ0) is 13.2. The summed E-state index contributed by atoms with van der Waals surface area (Å²) in [4.78, 5) is 18.3. The van der Waals surface area contributed by atoms with Crippen LogP contribution in [0.15, 0.2) is 6.33 Å². The van der Waals surface area contributed by atoms with E-state index in [4.69, 9.17) is 4.74 Å². The van der Waals surface area contributed by atoms with Gasteiger partial charge in [-0.1, -0.05) is 6.92 Å². The second-order valence-electron chi connectivity index (χ2n) is 4.45. The van der Waals surface area contributed by atoms with Crippen LogP contribution in [0.25, 0.3) is 0 Å². The fraction of sp³-hybridized carbons (Fsp3) is 0.636.